The van der Waals surface area contributed by atoms with Crippen molar-refractivity contribution in [3.05, 3.63) is 35.6 Å². The third-order valence-electron chi connectivity index (χ3n) is 2.33. The first-order valence-corrected chi connectivity index (χ1v) is 5.10. The Morgan fingerprint density at radius 1 is 1.27 bits per heavy atom. The molecule has 0 saturated heterocycles. The molecule has 1 aromatic rings. The van der Waals surface area contributed by atoms with Crippen molar-refractivity contribution in [1.29, 1.82) is 0 Å². The first kappa shape index (κ1) is 14.4. The number of benzene rings is 1. The van der Waals surface area contributed by atoms with Crippen LogP contribution in [0.3, 0.4) is 0 Å². The highest BCUT2D eigenvalue weighted by atomic mass is 35.5. The maximum Gasteiger partial charge on any atom is 0.123 e. The summed E-state index contributed by atoms with van der Waals surface area (Å²) in [5, 5.41) is 0. The third-order valence-corrected chi connectivity index (χ3v) is 2.33. The zero-order valence-corrected chi connectivity index (χ0v) is 10.1. The molecule has 15 heavy (non-hydrogen) atoms. The van der Waals surface area contributed by atoms with E-state index in [1.165, 1.54) is 12.1 Å². The van der Waals surface area contributed by atoms with Gasteiger partial charge >= 0.3 is 0 Å². The molecule has 0 unspecified atom stereocenters. The predicted molar refractivity (Wildman–Crippen MR) is 64.6 cm³/mol. The molecule has 0 saturated carbocycles. The summed E-state index contributed by atoms with van der Waals surface area (Å²) in [6, 6.07) is 6.52. The van der Waals surface area contributed by atoms with E-state index in [2.05, 4.69) is 13.8 Å². The van der Waals surface area contributed by atoms with Crippen LogP contribution in [0.2, 0.25) is 0 Å². The van der Waals surface area contributed by atoms with Crippen LogP contribution in [0.15, 0.2) is 24.3 Å². The average molecular weight is 232 g/mol. The van der Waals surface area contributed by atoms with Crippen LogP contribution in [0.5, 0.6) is 0 Å². The van der Waals surface area contributed by atoms with Gasteiger partial charge in [-0.25, -0.2) is 4.39 Å². The Morgan fingerprint density at radius 2 is 1.93 bits per heavy atom. The molecule has 0 heterocycles. The van der Waals surface area contributed by atoms with Gasteiger partial charge in [-0.15, -0.1) is 12.4 Å². The minimum Gasteiger partial charge on any atom is -0.324 e. The summed E-state index contributed by atoms with van der Waals surface area (Å²) in [5.41, 5.74) is 6.84. The molecular weight excluding hydrogens is 213 g/mol. The third kappa shape index (κ3) is 5.14. The van der Waals surface area contributed by atoms with E-state index in [-0.39, 0.29) is 24.3 Å². The van der Waals surface area contributed by atoms with Crippen molar-refractivity contribution in [1.82, 2.24) is 0 Å². The largest absolute Gasteiger partial charge is 0.324 e. The molecule has 3 heteroatoms. The van der Waals surface area contributed by atoms with Gasteiger partial charge in [0.05, 0.1) is 0 Å². The maximum absolute atomic E-state index is 12.9. The molecule has 0 bridgehead atoms. The minimum atomic E-state index is -0.206. The van der Waals surface area contributed by atoms with Crippen LogP contribution in [-0.4, -0.2) is 0 Å². The Morgan fingerprint density at radius 3 is 2.47 bits per heavy atom. The van der Waals surface area contributed by atoms with Gasteiger partial charge in [-0.2, -0.15) is 0 Å². The Labute approximate surface area is 97.3 Å². The van der Waals surface area contributed by atoms with Gasteiger partial charge in [-0.05, 0) is 36.5 Å². The van der Waals surface area contributed by atoms with E-state index in [4.69, 9.17) is 5.73 Å². The number of rotatable bonds is 4. The fraction of sp³-hybridized carbons (Fsp3) is 0.500. The highest BCUT2D eigenvalue weighted by Crippen LogP contribution is 2.18. The van der Waals surface area contributed by atoms with E-state index >= 15 is 0 Å². The van der Waals surface area contributed by atoms with Crippen molar-refractivity contribution in [2.24, 2.45) is 11.7 Å². The van der Waals surface area contributed by atoms with Crippen LogP contribution in [0.4, 0.5) is 4.39 Å². The molecule has 0 amide bonds. The lowest BCUT2D eigenvalue weighted by molar-refractivity contribution is 0.505. The monoisotopic (exact) mass is 231 g/mol. The molecule has 0 aliphatic carbocycles. The molecule has 0 aliphatic heterocycles. The van der Waals surface area contributed by atoms with Crippen LogP contribution >= 0.6 is 12.4 Å². The van der Waals surface area contributed by atoms with Gasteiger partial charge in [0.25, 0.3) is 0 Å². The fourth-order valence-electron chi connectivity index (χ4n) is 1.42. The summed E-state index contributed by atoms with van der Waals surface area (Å²) in [6.07, 6.45) is 2.00. The van der Waals surface area contributed by atoms with Gasteiger partial charge in [-0.3, -0.25) is 0 Å². The van der Waals surface area contributed by atoms with E-state index in [9.17, 15) is 4.39 Å². The second-order valence-corrected chi connectivity index (χ2v) is 4.13. The first-order chi connectivity index (χ1) is 6.59. The summed E-state index contributed by atoms with van der Waals surface area (Å²) in [4.78, 5) is 0. The van der Waals surface area contributed by atoms with Crippen LogP contribution in [0, 0.1) is 11.7 Å². The normalized spacial score (nSPS) is 12.3. The predicted octanol–water partition coefficient (Wildman–Crippen LogP) is 3.68. The van der Waals surface area contributed by atoms with Gasteiger partial charge in [-0.1, -0.05) is 26.0 Å². The highest BCUT2D eigenvalue weighted by molar-refractivity contribution is 5.85. The number of hydrogen-bond donors (Lipinski definition) is 1. The van der Waals surface area contributed by atoms with Gasteiger partial charge in [0, 0.05) is 6.04 Å². The molecule has 0 spiro atoms. The molecule has 0 radical (unpaired) electrons. The fourth-order valence-corrected chi connectivity index (χ4v) is 1.42. The molecule has 86 valence electrons. The van der Waals surface area contributed by atoms with Gasteiger partial charge in [0.1, 0.15) is 5.82 Å². The second kappa shape index (κ2) is 6.81. The highest BCUT2D eigenvalue weighted by Gasteiger charge is 2.07. The van der Waals surface area contributed by atoms with Crippen molar-refractivity contribution in [3.63, 3.8) is 0 Å². The summed E-state index contributed by atoms with van der Waals surface area (Å²) < 4.78 is 12.9. The van der Waals surface area contributed by atoms with Gasteiger partial charge in [0.2, 0.25) is 0 Å². The Bertz CT molecular complexity index is 289. The number of halogens is 2. The molecule has 0 aliphatic rings. The quantitative estimate of drug-likeness (QED) is 0.841. The zero-order valence-electron chi connectivity index (χ0n) is 9.24. The number of hydrogen-bond acceptors (Lipinski definition) is 1. The van der Waals surface area contributed by atoms with Crippen molar-refractivity contribution < 1.29 is 4.39 Å². The van der Waals surface area contributed by atoms with E-state index in [0.29, 0.717) is 5.92 Å². The summed E-state index contributed by atoms with van der Waals surface area (Å²) in [5.74, 6) is 0.442. The summed E-state index contributed by atoms with van der Waals surface area (Å²) >= 11 is 0. The Balaban J connectivity index is 0.00000196. The SMILES string of the molecule is CC(C)CC[C@@H](N)c1cccc(F)c1.Cl. The van der Waals surface area contributed by atoms with Crippen molar-refractivity contribution in [2.75, 3.05) is 0 Å². The van der Waals surface area contributed by atoms with Crippen LogP contribution < -0.4 is 5.73 Å². The summed E-state index contributed by atoms with van der Waals surface area (Å²) in [6.45, 7) is 4.33. The maximum atomic E-state index is 12.9. The minimum absolute atomic E-state index is 0. The van der Waals surface area contributed by atoms with E-state index < -0.39 is 0 Å². The average Bonchev–Trinajstić information content (AvgIpc) is 2.14. The van der Waals surface area contributed by atoms with Crippen molar-refractivity contribution >= 4 is 12.4 Å². The van der Waals surface area contributed by atoms with Crippen molar-refractivity contribution in [2.45, 2.75) is 32.7 Å². The molecule has 1 atom stereocenters. The number of nitrogens with two attached hydrogens (primary N) is 1. The smallest absolute Gasteiger partial charge is 0.123 e. The van der Waals surface area contributed by atoms with E-state index in [1.807, 2.05) is 6.07 Å². The second-order valence-electron chi connectivity index (χ2n) is 4.13. The molecule has 1 rings (SSSR count). The van der Waals surface area contributed by atoms with Gasteiger partial charge < -0.3 is 5.73 Å². The van der Waals surface area contributed by atoms with Gasteiger partial charge in [0.15, 0.2) is 0 Å². The van der Waals surface area contributed by atoms with Crippen LogP contribution in [0.25, 0.3) is 0 Å². The Kier molecular flexibility index (Phi) is 6.53. The standard InChI is InChI=1S/C12H18FN.ClH/c1-9(2)6-7-12(14)10-4-3-5-11(13)8-10;/h3-5,8-9,12H,6-7,14H2,1-2H3;1H/t12-;/m1./s1. The van der Waals surface area contributed by atoms with Crippen LogP contribution in [0.1, 0.15) is 38.3 Å². The lowest BCUT2D eigenvalue weighted by Gasteiger charge is -2.13. The zero-order chi connectivity index (χ0) is 10.6. The topological polar surface area (TPSA) is 26.0 Å². The molecule has 1 nitrogen and oxygen atoms in total. The van der Waals surface area contributed by atoms with E-state index in [0.717, 1.165) is 18.4 Å². The molecule has 2 N–H and O–H groups in total. The molecule has 0 fully saturated rings. The van der Waals surface area contributed by atoms with Crippen molar-refractivity contribution in [3.8, 4) is 0 Å². The summed E-state index contributed by atoms with van der Waals surface area (Å²) in [7, 11) is 0. The van der Waals surface area contributed by atoms with Crippen LogP contribution in [-0.2, 0) is 0 Å². The lowest BCUT2D eigenvalue weighted by Crippen LogP contribution is -2.11. The molecule has 1 aromatic carbocycles. The van der Waals surface area contributed by atoms with E-state index in [1.54, 1.807) is 6.07 Å². The molecule has 0 aromatic heterocycles. The first-order valence-electron chi connectivity index (χ1n) is 5.10. The Hall–Kier alpha value is -0.600. The lowest BCUT2D eigenvalue weighted by atomic mass is 9.98. The molecular formula is C12H19ClFN.